The first kappa shape index (κ1) is 11.9. The first-order valence-corrected chi connectivity index (χ1v) is 6.39. The summed E-state index contributed by atoms with van der Waals surface area (Å²) in [4.78, 5) is 5.56. The van der Waals surface area contributed by atoms with Crippen LogP contribution in [0, 0.1) is 0 Å². The van der Waals surface area contributed by atoms with Gasteiger partial charge in [-0.25, -0.2) is 4.98 Å². The maximum Gasteiger partial charge on any atom is 0.182 e. The first-order valence-electron chi connectivity index (χ1n) is 5.58. The number of hydrogen-bond donors (Lipinski definition) is 1. The van der Waals surface area contributed by atoms with Gasteiger partial charge >= 0.3 is 0 Å². The van der Waals surface area contributed by atoms with Gasteiger partial charge in [-0.15, -0.1) is 11.3 Å². The van der Waals surface area contributed by atoms with E-state index in [2.05, 4.69) is 16.4 Å². The molecule has 0 aliphatic rings. The van der Waals surface area contributed by atoms with Crippen molar-refractivity contribution in [2.45, 2.75) is 12.8 Å². The maximum absolute atomic E-state index is 5.34. The van der Waals surface area contributed by atoms with Crippen LogP contribution in [0.3, 0.4) is 0 Å². The summed E-state index contributed by atoms with van der Waals surface area (Å²) < 4.78 is 5.34. The summed E-state index contributed by atoms with van der Waals surface area (Å²) in [5.74, 6) is 0.964. The molecule has 0 atom stereocenters. The summed E-state index contributed by atoms with van der Waals surface area (Å²) >= 11 is 1.70. The van der Waals surface area contributed by atoms with Crippen molar-refractivity contribution in [2.24, 2.45) is 0 Å². The minimum Gasteiger partial charge on any atom is -0.496 e. The summed E-state index contributed by atoms with van der Waals surface area (Å²) in [5.41, 5.74) is 1.24. The van der Waals surface area contributed by atoms with Crippen LogP contribution in [-0.4, -0.2) is 19.1 Å². The molecular weight excluding hydrogens is 232 g/mol. The number of para-hydroxylation sites is 1. The SMILES string of the molecule is CNc1ncc(CCc2ccccc2OC)s1. The molecule has 0 saturated carbocycles. The van der Waals surface area contributed by atoms with Crippen molar-refractivity contribution in [3.05, 3.63) is 40.9 Å². The molecule has 0 aliphatic heterocycles. The summed E-state index contributed by atoms with van der Waals surface area (Å²) in [5, 5.41) is 4.02. The molecule has 2 rings (SSSR count). The lowest BCUT2D eigenvalue weighted by Gasteiger charge is -2.06. The fraction of sp³-hybridized carbons (Fsp3) is 0.308. The molecule has 0 unspecified atom stereocenters. The summed E-state index contributed by atoms with van der Waals surface area (Å²) in [6.45, 7) is 0. The fourth-order valence-corrected chi connectivity index (χ4v) is 2.47. The van der Waals surface area contributed by atoms with Crippen LogP contribution in [-0.2, 0) is 12.8 Å². The normalized spacial score (nSPS) is 10.2. The van der Waals surface area contributed by atoms with Crippen LogP contribution in [0.2, 0.25) is 0 Å². The van der Waals surface area contributed by atoms with E-state index < -0.39 is 0 Å². The second-order valence-electron chi connectivity index (χ2n) is 3.69. The molecule has 0 fully saturated rings. The van der Waals surface area contributed by atoms with E-state index in [4.69, 9.17) is 4.74 Å². The molecule has 2 aromatic rings. The van der Waals surface area contributed by atoms with Gasteiger partial charge in [0.15, 0.2) is 5.13 Å². The molecule has 0 bridgehead atoms. The van der Waals surface area contributed by atoms with E-state index in [0.717, 1.165) is 23.7 Å². The Morgan fingerprint density at radius 2 is 2.12 bits per heavy atom. The molecule has 1 aromatic heterocycles. The number of anilines is 1. The van der Waals surface area contributed by atoms with Gasteiger partial charge in [-0.2, -0.15) is 0 Å². The number of benzene rings is 1. The van der Waals surface area contributed by atoms with E-state index in [1.807, 2.05) is 31.4 Å². The maximum atomic E-state index is 5.34. The lowest BCUT2D eigenvalue weighted by atomic mass is 10.1. The van der Waals surface area contributed by atoms with Gasteiger partial charge in [-0.1, -0.05) is 18.2 Å². The van der Waals surface area contributed by atoms with Crippen LogP contribution in [0.25, 0.3) is 0 Å². The second-order valence-corrected chi connectivity index (χ2v) is 4.81. The largest absolute Gasteiger partial charge is 0.496 e. The molecular formula is C13H16N2OS. The van der Waals surface area contributed by atoms with E-state index in [0.29, 0.717) is 0 Å². The van der Waals surface area contributed by atoms with Crippen molar-refractivity contribution in [1.82, 2.24) is 4.98 Å². The highest BCUT2D eigenvalue weighted by molar-refractivity contribution is 7.15. The number of methoxy groups -OCH3 is 1. The highest BCUT2D eigenvalue weighted by atomic mass is 32.1. The van der Waals surface area contributed by atoms with E-state index in [9.17, 15) is 0 Å². The van der Waals surface area contributed by atoms with Crippen LogP contribution in [0.4, 0.5) is 5.13 Å². The third-order valence-electron chi connectivity index (χ3n) is 2.60. The van der Waals surface area contributed by atoms with Gasteiger partial charge in [0.25, 0.3) is 0 Å². The van der Waals surface area contributed by atoms with E-state index in [-0.39, 0.29) is 0 Å². The summed E-state index contributed by atoms with van der Waals surface area (Å²) in [7, 11) is 3.60. The van der Waals surface area contributed by atoms with Crippen molar-refractivity contribution in [2.75, 3.05) is 19.5 Å². The standard InChI is InChI=1S/C13H16N2OS/c1-14-13-15-9-11(17-13)8-7-10-5-3-4-6-12(10)16-2/h3-6,9H,7-8H2,1-2H3,(H,14,15). The molecule has 90 valence electrons. The van der Waals surface area contributed by atoms with E-state index in [1.54, 1.807) is 18.4 Å². The average Bonchev–Trinajstić information content (AvgIpc) is 2.84. The fourth-order valence-electron chi connectivity index (χ4n) is 1.71. The van der Waals surface area contributed by atoms with Crippen molar-refractivity contribution < 1.29 is 4.74 Å². The Morgan fingerprint density at radius 1 is 1.29 bits per heavy atom. The zero-order valence-electron chi connectivity index (χ0n) is 10.1. The number of rotatable bonds is 5. The topological polar surface area (TPSA) is 34.2 Å². The summed E-state index contributed by atoms with van der Waals surface area (Å²) in [6, 6.07) is 8.15. The number of thiazole rings is 1. The average molecular weight is 248 g/mol. The minimum absolute atomic E-state index is 0.964. The van der Waals surface area contributed by atoms with Gasteiger partial charge in [0.2, 0.25) is 0 Å². The molecule has 0 radical (unpaired) electrons. The molecule has 1 aromatic carbocycles. The van der Waals surface area contributed by atoms with Crippen molar-refractivity contribution in [3.63, 3.8) is 0 Å². The van der Waals surface area contributed by atoms with Gasteiger partial charge in [0.1, 0.15) is 5.75 Å². The first-order chi connectivity index (χ1) is 8.33. The monoisotopic (exact) mass is 248 g/mol. The summed E-state index contributed by atoms with van der Waals surface area (Å²) in [6.07, 6.45) is 3.92. The Kier molecular flexibility index (Phi) is 3.98. The zero-order chi connectivity index (χ0) is 12.1. The molecule has 4 heteroatoms. The third kappa shape index (κ3) is 2.97. The van der Waals surface area contributed by atoms with Crippen LogP contribution in [0.15, 0.2) is 30.5 Å². The Labute approximate surface area is 105 Å². The lowest BCUT2D eigenvalue weighted by molar-refractivity contribution is 0.409. The van der Waals surface area contributed by atoms with Crippen LogP contribution < -0.4 is 10.1 Å². The van der Waals surface area contributed by atoms with E-state index >= 15 is 0 Å². The number of nitrogens with zero attached hydrogens (tertiary/aromatic N) is 1. The Bertz CT molecular complexity index is 482. The van der Waals surface area contributed by atoms with Gasteiger partial charge in [-0.05, 0) is 24.5 Å². The predicted octanol–water partition coefficient (Wildman–Crippen LogP) is 2.98. The number of aromatic nitrogens is 1. The minimum atomic E-state index is 0.964. The van der Waals surface area contributed by atoms with Gasteiger partial charge < -0.3 is 10.1 Å². The zero-order valence-corrected chi connectivity index (χ0v) is 10.9. The molecule has 3 nitrogen and oxygen atoms in total. The Hall–Kier alpha value is -1.55. The molecule has 0 saturated heterocycles. The highest BCUT2D eigenvalue weighted by Gasteiger charge is 2.04. The number of aryl methyl sites for hydroxylation is 2. The van der Waals surface area contributed by atoms with Crippen LogP contribution in [0.5, 0.6) is 5.75 Å². The quantitative estimate of drug-likeness (QED) is 0.883. The third-order valence-corrected chi connectivity index (χ3v) is 3.68. The van der Waals surface area contributed by atoms with Gasteiger partial charge in [0, 0.05) is 18.1 Å². The van der Waals surface area contributed by atoms with Crippen molar-refractivity contribution >= 4 is 16.5 Å². The Morgan fingerprint density at radius 3 is 2.82 bits per heavy atom. The smallest absolute Gasteiger partial charge is 0.182 e. The van der Waals surface area contributed by atoms with Gasteiger partial charge in [0.05, 0.1) is 7.11 Å². The molecule has 0 amide bonds. The number of nitrogens with one attached hydrogen (secondary N) is 1. The molecule has 17 heavy (non-hydrogen) atoms. The molecule has 0 spiro atoms. The van der Waals surface area contributed by atoms with Gasteiger partial charge in [-0.3, -0.25) is 0 Å². The Balaban J connectivity index is 2.01. The van der Waals surface area contributed by atoms with Crippen LogP contribution in [0.1, 0.15) is 10.4 Å². The van der Waals surface area contributed by atoms with Crippen molar-refractivity contribution in [1.29, 1.82) is 0 Å². The highest BCUT2D eigenvalue weighted by Crippen LogP contribution is 2.22. The predicted molar refractivity (Wildman–Crippen MR) is 72.1 cm³/mol. The van der Waals surface area contributed by atoms with E-state index in [1.165, 1.54) is 10.4 Å². The lowest BCUT2D eigenvalue weighted by Crippen LogP contribution is -1.93. The number of ether oxygens (including phenoxy) is 1. The molecule has 1 N–H and O–H groups in total. The number of hydrogen-bond acceptors (Lipinski definition) is 4. The van der Waals surface area contributed by atoms with Crippen molar-refractivity contribution in [3.8, 4) is 5.75 Å². The van der Waals surface area contributed by atoms with Crippen LogP contribution >= 0.6 is 11.3 Å². The second kappa shape index (κ2) is 5.68. The molecule has 1 heterocycles. The molecule has 0 aliphatic carbocycles.